The van der Waals surface area contributed by atoms with Gasteiger partial charge in [0.1, 0.15) is 0 Å². The monoisotopic (exact) mass is 288 g/mol. The molecule has 0 aliphatic heterocycles. The first-order valence-corrected chi connectivity index (χ1v) is 8.19. The molecule has 21 heavy (non-hydrogen) atoms. The summed E-state index contributed by atoms with van der Waals surface area (Å²) in [5, 5.41) is 3.08. The lowest BCUT2D eigenvalue weighted by molar-refractivity contribution is -0.125. The molecule has 0 spiro atoms. The summed E-state index contributed by atoms with van der Waals surface area (Å²) in [7, 11) is 0. The van der Waals surface area contributed by atoms with Crippen LogP contribution >= 0.6 is 0 Å². The van der Waals surface area contributed by atoms with Crippen LogP contribution in [0.4, 0.5) is 5.69 Å². The van der Waals surface area contributed by atoms with E-state index in [1.54, 1.807) is 0 Å². The van der Waals surface area contributed by atoms with E-state index in [1.807, 2.05) is 12.1 Å². The number of benzene rings is 1. The highest BCUT2D eigenvalue weighted by atomic mass is 16.2. The third-order valence-corrected chi connectivity index (χ3v) is 4.77. The highest BCUT2D eigenvalue weighted by Crippen LogP contribution is 2.35. The lowest BCUT2D eigenvalue weighted by Gasteiger charge is -2.29. The summed E-state index contributed by atoms with van der Waals surface area (Å²) in [5.41, 5.74) is 7.76. The molecule has 1 aromatic rings. The zero-order valence-electron chi connectivity index (χ0n) is 13.3. The molecule has 1 aromatic carbocycles. The topological polar surface area (TPSA) is 55.1 Å². The Labute approximate surface area is 128 Å². The number of carbonyl (C=O) groups is 1. The predicted molar refractivity (Wildman–Crippen MR) is 88.4 cm³/mol. The molecule has 3 N–H and O–H groups in total. The molecule has 116 valence electrons. The van der Waals surface area contributed by atoms with Gasteiger partial charge in [0.25, 0.3) is 0 Å². The van der Waals surface area contributed by atoms with E-state index in [1.165, 1.54) is 18.4 Å². The summed E-state index contributed by atoms with van der Waals surface area (Å²) >= 11 is 0. The minimum absolute atomic E-state index is 0.101. The Balaban J connectivity index is 2.08. The number of carbonyl (C=O) groups excluding carboxylic acids is 1. The van der Waals surface area contributed by atoms with Crippen LogP contribution in [0.15, 0.2) is 24.3 Å². The molecule has 2 rings (SSSR count). The van der Waals surface area contributed by atoms with Crippen molar-refractivity contribution in [1.29, 1.82) is 0 Å². The molecule has 0 heterocycles. The van der Waals surface area contributed by atoms with E-state index in [0.29, 0.717) is 12.5 Å². The largest absolute Gasteiger partial charge is 0.329 e. The molecule has 0 unspecified atom stereocenters. The number of nitrogens with one attached hydrogen (secondary N) is 1. The average molecular weight is 288 g/mol. The second-order valence-electron chi connectivity index (χ2n) is 6.63. The number of rotatable bonds is 4. The van der Waals surface area contributed by atoms with E-state index >= 15 is 0 Å². The van der Waals surface area contributed by atoms with Crippen LogP contribution in [-0.4, -0.2) is 12.5 Å². The van der Waals surface area contributed by atoms with Gasteiger partial charge in [0.05, 0.1) is 5.41 Å². The SMILES string of the molecule is CC(C)c1ccc(NC(=O)C2(CN)CCCCCC2)cc1. The standard InChI is InChI=1S/C18H28N2O/c1-14(2)15-7-9-16(10-8-15)20-17(21)18(13-19)11-5-3-4-6-12-18/h7-10,14H,3-6,11-13,19H2,1-2H3,(H,20,21). The van der Waals surface area contributed by atoms with E-state index < -0.39 is 0 Å². The fourth-order valence-corrected chi connectivity index (χ4v) is 3.14. The average Bonchev–Trinajstić information content (AvgIpc) is 2.74. The third kappa shape index (κ3) is 3.85. The van der Waals surface area contributed by atoms with Gasteiger partial charge in [0.15, 0.2) is 0 Å². The van der Waals surface area contributed by atoms with Gasteiger partial charge in [-0.05, 0) is 36.5 Å². The Morgan fingerprint density at radius 1 is 1.14 bits per heavy atom. The number of anilines is 1. The van der Waals surface area contributed by atoms with Crippen LogP contribution in [0.1, 0.15) is 63.9 Å². The molecule has 1 fully saturated rings. The first kappa shape index (κ1) is 16.0. The van der Waals surface area contributed by atoms with Gasteiger partial charge in [-0.3, -0.25) is 4.79 Å². The Kier molecular flexibility index (Phi) is 5.40. The molecular formula is C18H28N2O. The van der Waals surface area contributed by atoms with Crippen molar-refractivity contribution in [2.24, 2.45) is 11.1 Å². The lowest BCUT2D eigenvalue weighted by Crippen LogP contribution is -2.42. The van der Waals surface area contributed by atoms with Crippen LogP contribution in [-0.2, 0) is 4.79 Å². The lowest BCUT2D eigenvalue weighted by atomic mass is 9.79. The molecular weight excluding hydrogens is 260 g/mol. The minimum atomic E-state index is -0.368. The first-order valence-electron chi connectivity index (χ1n) is 8.19. The summed E-state index contributed by atoms with van der Waals surface area (Å²) < 4.78 is 0. The van der Waals surface area contributed by atoms with Crippen molar-refractivity contribution in [2.75, 3.05) is 11.9 Å². The maximum absolute atomic E-state index is 12.7. The minimum Gasteiger partial charge on any atom is -0.329 e. The van der Waals surface area contributed by atoms with Crippen LogP contribution in [0.2, 0.25) is 0 Å². The van der Waals surface area contributed by atoms with E-state index in [4.69, 9.17) is 5.73 Å². The van der Waals surface area contributed by atoms with Crippen LogP contribution in [0, 0.1) is 5.41 Å². The zero-order valence-corrected chi connectivity index (χ0v) is 13.3. The van der Waals surface area contributed by atoms with E-state index in [0.717, 1.165) is 31.4 Å². The Hall–Kier alpha value is -1.35. The Morgan fingerprint density at radius 3 is 2.19 bits per heavy atom. The molecule has 3 nitrogen and oxygen atoms in total. The summed E-state index contributed by atoms with van der Waals surface area (Å²) in [6.07, 6.45) is 6.49. The van der Waals surface area contributed by atoms with Crippen molar-refractivity contribution in [3.8, 4) is 0 Å². The number of amides is 1. The van der Waals surface area contributed by atoms with E-state index in [-0.39, 0.29) is 11.3 Å². The van der Waals surface area contributed by atoms with Crippen LogP contribution in [0.25, 0.3) is 0 Å². The van der Waals surface area contributed by atoms with Gasteiger partial charge in [0.2, 0.25) is 5.91 Å². The fourth-order valence-electron chi connectivity index (χ4n) is 3.14. The van der Waals surface area contributed by atoms with Gasteiger partial charge in [-0.25, -0.2) is 0 Å². The highest BCUT2D eigenvalue weighted by Gasteiger charge is 2.37. The summed E-state index contributed by atoms with van der Waals surface area (Å²) in [4.78, 5) is 12.7. The molecule has 1 aliphatic rings. The van der Waals surface area contributed by atoms with Gasteiger partial charge in [0, 0.05) is 12.2 Å². The molecule has 0 saturated heterocycles. The molecule has 0 aromatic heterocycles. The van der Waals surface area contributed by atoms with Crippen LogP contribution in [0.5, 0.6) is 0 Å². The maximum Gasteiger partial charge on any atom is 0.231 e. The fraction of sp³-hybridized carbons (Fsp3) is 0.611. The predicted octanol–water partition coefficient (Wildman–Crippen LogP) is 4.05. The van der Waals surface area contributed by atoms with Crippen molar-refractivity contribution in [2.45, 2.75) is 58.3 Å². The molecule has 0 atom stereocenters. The molecule has 0 bridgehead atoms. The van der Waals surface area contributed by atoms with Crippen LogP contribution < -0.4 is 11.1 Å². The van der Waals surface area contributed by atoms with Crippen LogP contribution in [0.3, 0.4) is 0 Å². The second-order valence-corrected chi connectivity index (χ2v) is 6.63. The smallest absolute Gasteiger partial charge is 0.231 e. The van der Waals surface area contributed by atoms with Crippen molar-refractivity contribution in [3.63, 3.8) is 0 Å². The van der Waals surface area contributed by atoms with Crippen molar-refractivity contribution >= 4 is 11.6 Å². The maximum atomic E-state index is 12.7. The third-order valence-electron chi connectivity index (χ3n) is 4.77. The van der Waals surface area contributed by atoms with Crippen molar-refractivity contribution in [1.82, 2.24) is 0 Å². The first-order chi connectivity index (χ1) is 10.1. The van der Waals surface area contributed by atoms with E-state index in [2.05, 4.69) is 31.3 Å². The van der Waals surface area contributed by atoms with Crippen molar-refractivity contribution in [3.05, 3.63) is 29.8 Å². The normalized spacial score (nSPS) is 18.3. The molecule has 1 amide bonds. The highest BCUT2D eigenvalue weighted by molar-refractivity contribution is 5.95. The summed E-state index contributed by atoms with van der Waals surface area (Å²) in [5.74, 6) is 0.608. The van der Waals surface area contributed by atoms with Gasteiger partial charge >= 0.3 is 0 Å². The molecule has 0 radical (unpaired) electrons. The van der Waals surface area contributed by atoms with Gasteiger partial charge in [-0.1, -0.05) is 51.7 Å². The van der Waals surface area contributed by atoms with Gasteiger partial charge in [-0.2, -0.15) is 0 Å². The van der Waals surface area contributed by atoms with E-state index in [9.17, 15) is 4.79 Å². The second kappa shape index (κ2) is 7.08. The zero-order chi connectivity index (χ0) is 15.3. The Morgan fingerprint density at radius 2 is 1.71 bits per heavy atom. The quantitative estimate of drug-likeness (QED) is 0.821. The summed E-state index contributed by atoms with van der Waals surface area (Å²) in [6, 6.07) is 8.16. The van der Waals surface area contributed by atoms with Crippen molar-refractivity contribution < 1.29 is 4.79 Å². The van der Waals surface area contributed by atoms with Gasteiger partial charge in [-0.15, -0.1) is 0 Å². The number of nitrogens with two attached hydrogens (primary N) is 1. The number of hydrogen-bond acceptors (Lipinski definition) is 2. The number of hydrogen-bond donors (Lipinski definition) is 2. The van der Waals surface area contributed by atoms with Gasteiger partial charge < -0.3 is 11.1 Å². The molecule has 1 aliphatic carbocycles. The summed E-state index contributed by atoms with van der Waals surface area (Å²) in [6.45, 7) is 4.79. The Bertz CT molecular complexity index is 457. The molecule has 1 saturated carbocycles. The molecule has 3 heteroatoms.